The number of para-hydroxylation sites is 1. The van der Waals surface area contributed by atoms with Crippen molar-refractivity contribution in [3.63, 3.8) is 0 Å². The van der Waals surface area contributed by atoms with Gasteiger partial charge in [0.2, 0.25) is 0 Å². The molecule has 0 spiro atoms. The first-order valence-corrected chi connectivity index (χ1v) is 5.92. The highest BCUT2D eigenvalue weighted by Crippen LogP contribution is 2.31. The Morgan fingerprint density at radius 3 is 2.22 bits per heavy atom. The first-order chi connectivity index (χ1) is 8.62. The van der Waals surface area contributed by atoms with E-state index in [0.29, 0.717) is 0 Å². The maximum Gasteiger partial charge on any atom is 0.162 e. The lowest BCUT2D eigenvalue weighted by molar-refractivity contribution is -0.118. The van der Waals surface area contributed by atoms with Crippen molar-refractivity contribution in [1.82, 2.24) is 0 Å². The Hall–Kier alpha value is -2.09. The van der Waals surface area contributed by atoms with Crippen molar-refractivity contribution < 1.29 is 9.53 Å². The van der Waals surface area contributed by atoms with E-state index in [4.69, 9.17) is 4.74 Å². The van der Waals surface area contributed by atoms with Gasteiger partial charge < -0.3 is 4.74 Å². The van der Waals surface area contributed by atoms with E-state index in [9.17, 15) is 4.79 Å². The van der Waals surface area contributed by atoms with Crippen LogP contribution in [0, 0.1) is 0 Å². The Bertz CT molecular complexity index is 530. The lowest BCUT2D eigenvalue weighted by Crippen LogP contribution is -2.29. The van der Waals surface area contributed by atoms with Gasteiger partial charge in [0.25, 0.3) is 0 Å². The van der Waals surface area contributed by atoms with Gasteiger partial charge in [-0.1, -0.05) is 48.5 Å². The van der Waals surface area contributed by atoms with Gasteiger partial charge >= 0.3 is 0 Å². The van der Waals surface area contributed by atoms with Gasteiger partial charge in [-0.05, 0) is 25.5 Å². The maximum absolute atomic E-state index is 11.0. The van der Waals surface area contributed by atoms with Crippen molar-refractivity contribution in [2.24, 2.45) is 0 Å². The lowest BCUT2D eigenvalue weighted by Gasteiger charge is -2.22. The minimum atomic E-state index is -0.815. The minimum Gasteiger partial charge on any atom is -0.480 e. The van der Waals surface area contributed by atoms with Gasteiger partial charge in [0, 0.05) is 5.56 Å². The molecule has 0 N–H and O–H groups in total. The largest absolute Gasteiger partial charge is 0.480 e. The highest BCUT2D eigenvalue weighted by molar-refractivity contribution is 5.71. The van der Waals surface area contributed by atoms with Gasteiger partial charge in [-0.15, -0.1) is 0 Å². The second-order valence-corrected chi connectivity index (χ2v) is 4.69. The number of hydrogen-bond donors (Lipinski definition) is 0. The second kappa shape index (κ2) is 5.05. The standard InChI is InChI=1S/C16H16O2/c1-16(2,12-17)18-15-11-7-6-10-14(15)13-8-4-3-5-9-13/h3-12H,1-2H3. The number of hydrogen-bond acceptors (Lipinski definition) is 2. The van der Waals surface area contributed by atoms with E-state index in [1.54, 1.807) is 13.8 Å². The molecule has 92 valence electrons. The van der Waals surface area contributed by atoms with Crippen LogP contribution in [0.5, 0.6) is 5.75 Å². The molecule has 0 aromatic heterocycles. The predicted molar refractivity (Wildman–Crippen MR) is 72.6 cm³/mol. The van der Waals surface area contributed by atoms with Crippen LogP contribution in [0.25, 0.3) is 11.1 Å². The van der Waals surface area contributed by atoms with Crippen molar-refractivity contribution in [3.05, 3.63) is 54.6 Å². The summed E-state index contributed by atoms with van der Waals surface area (Å²) in [6.45, 7) is 3.50. The molecular weight excluding hydrogens is 224 g/mol. The van der Waals surface area contributed by atoms with Gasteiger partial charge in [-0.3, -0.25) is 4.79 Å². The molecule has 0 aliphatic carbocycles. The first-order valence-electron chi connectivity index (χ1n) is 5.92. The fourth-order valence-corrected chi connectivity index (χ4v) is 1.72. The number of aldehydes is 1. The summed E-state index contributed by atoms with van der Waals surface area (Å²) >= 11 is 0. The molecule has 0 aliphatic rings. The van der Waals surface area contributed by atoms with Gasteiger partial charge in [0.1, 0.15) is 5.75 Å². The SMILES string of the molecule is CC(C)(C=O)Oc1ccccc1-c1ccccc1. The molecule has 0 heterocycles. The molecule has 2 aromatic rings. The van der Waals surface area contributed by atoms with Crippen LogP contribution in [0.3, 0.4) is 0 Å². The molecule has 18 heavy (non-hydrogen) atoms. The summed E-state index contributed by atoms with van der Waals surface area (Å²) in [6, 6.07) is 17.7. The van der Waals surface area contributed by atoms with Gasteiger partial charge in [0.05, 0.1) is 0 Å². The predicted octanol–water partition coefficient (Wildman–Crippen LogP) is 3.71. The van der Waals surface area contributed by atoms with Gasteiger partial charge in [-0.25, -0.2) is 0 Å². The van der Waals surface area contributed by atoms with Crippen LogP contribution in [0.2, 0.25) is 0 Å². The minimum absolute atomic E-state index is 0.723. The summed E-state index contributed by atoms with van der Waals surface area (Å²) in [5.74, 6) is 0.723. The molecule has 0 saturated heterocycles. The number of carbonyl (C=O) groups excluding carboxylic acids is 1. The van der Waals surface area contributed by atoms with E-state index in [-0.39, 0.29) is 0 Å². The van der Waals surface area contributed by atoms with Crippen LogP contribution in [0.15, 0.2) is 54.6 Å². The molecule has 0 saturated carbocycles. The highest BCUT2D eigenvalue weighted by atomic mass is 16.5. The normalized spacial score (nSPS) is 11.0. The van der Waals surface area contributed by atoms with Crippen LogP contribution in [0.1, 0.15) is 13.8 Å². The average molecular weight is 240 g/mol. The van der Waals surface area contributed by atoms with Crippen molar-refractivity contribution >= 4 is 6.29 Å². The molecule has 0 unspecified atom stereocenters. The third kappa shape index (κ3) is 2.77. The van der Waals surface area contributed by atoms with E-state index in [0.717, 1.165) is 23.2 Å². The van der Waals surface area contributed by atoms with Crippen molar-refractivity contribution in [2.75, 3.05) is 0 Å². The molecule has 0 atom stereocenters. The molecule has 0 aliphatic heterocycles. The number of rotatable bonds is 4. The summed E-state index contributed by atoms with van der Waals surface area (Å²) < 4.78 is 5.77. The van der Waals surface area contributed by atoms with E-state index in [2.05, 4.69) is 0 Å². The summed E-state index contributed by atoms with van der Waals surface area (Å²) in [5, 5.41) is 0. The van der Waals surface area contributed by atoms with Crippen molar-refractivity contribution in [1.29, 1.82) is 0 Å². The molecule has 2 nitrogen and oxygen atoms in total. The zero-order valence-corrected chi connectivity index (χ0v) is 10.6. The molecule has 2 heteroatoms. The lowest BCUT2D eigenvalue weighted by atomic mass is 10.0. The molecule has 2 aromatic carbocycles. The second-order valence-electron chi connectivity index (χ2n) is 4.69. The Morgan fingerprint density at radius 1 is 0.944 bits per heavy atom. The molecule has 0 fully saturated rings. The first kappa shape index (κ1) is 12.4. The molecule has 0 amide bonds. The molecule has 0 radical (unpaired) electrons. The Morgan fingerprint density at radius 2 is 1.56 bits per heavy atom. The van der Waals surface area contributed by atoms with Crippen LogP contribution >= 0.6 is 0 Å². The fraction of sp³-hybridized carbons (Fsp3) is 0.188. The van der Waals surface area contributed by atoms with Gasteiger partial charge in [-0.2, -0.15) is 0 Å². The van der Waals surface area contributed by atoms with E-state index < -0.39 is 5.60 Å². The van der Waals surface area contributed by atoms with E-state index in [1.165, 1.54) is 0 Å². The highest BCUT2D eigenvalue weighted by Gasteiger charge is 2.20. The smallest absolute Gasteiger partial charge is 0.162 e. The number of ether oxygens (including phenoxy) is 1. The van der Waals surface area contributed by atoms with Crippen molar-refractivity contribution in [3.8, 4) is 16.9 Å². The third-order valence-corrected chi connectivity index (χ3v) is 2.63. The topological polar surface area (TPSA) is 26.3 Å². The average Bonchev–Trinajstić information content (AvgIpc) is 2.40. The fourth-order valence-electron chi connectivity index (χ4n) is 1.72. The Balaban J connectivity index is 2.41. The third-order valence-electron chi connectivity index (χ3n) is 2.63. The Labute approximate surface area is 107 Å². The summed E-state index contributed by atoms with van der Waals surface area (Å²) in [5.41, 5.74) is 1.26. The van der Waals surface area contributed by atoms with Crippen LogP contribution in [-0.2, 0) is 4.79 Å². The number of carbonyl (C=O) groups is 1. The van der Waals surface area contributed by atoms with Crippen LogP contribution < -0.4 is 4.74 Å². The summed E-state index contributed by atoms with van der Waals surface area (Å²) in [6.07, 6.45) is 0.814. The molecule has 2 rings (SSSR count). The summed E-state index contributed by atoms with van der Waals surface area (Å²) in [7, 11) is 0. The Kier molecular flexibility index (Phi) is 3.47. The zero-order valence-electron chi connectivity index (χ0n) is 10.6. The molecule has 0 bridgehead atoms. The van der Waals surface area contributed by atoms with Gasteiger partial charge in [0.15, 0.2) is 11.9 Å². The van der Waals surface area contributed by atoms with Crippen molar-refractivity contribution in [2.45, 2.75) is 19.4 Å². The summed E-state index contributed by atoms with van der Waals surface area (Å²) in [4.78, 5) is 11.0. The van der Waals surface area contributed by atoms with Crippen LogP contribution in [0.4, 0.5) is 0 Å². The monoisotopic (exact) mass is 240 g/mol. The van der Waals surface area contributed by atoms with Crippen LogP contribution in [-0.4, -0.2) is 11.9 Å². The maximum atomic E-state index is 11.0. The van der Waals surface area contributed by atoms with E-state index in [1.807, 2.05) is 54.6 Å². The number of benzene rings is 2. The quantitative estimate of drug-likeness (QED) is 0.761. The zero-order chi connectivity index (χ0) is 13.0. The molecular formula is C16H16O2. The van der Waals surface area contributed by atoms with E-state index >= 15 is 0 Å².